The molecule has 0 aliphatic carbocycles. The minimum absolute atomic E-state index is 0.0928. The molecule has 39 heavy (non-hydrogen) atoms. The van der Waals surface area contributed by atoms with Gasteiger partial charge in [0.05, 0.1) is 11.9 Å². The molecule has 0 fully saturated rings. The fourth-order valence-corrected chi connectivity index (χ4v) is 5.76. The Kier molecular flexibility index (Phi) is 11.2. The first-order valence-electron chi connectivity index (χ1n) is 12.3. The van der Waals surface area contributed by atoms with E-state index in [9.17, 15) is 18.0 Å². The molecule has 11 heteroatoms. The van der Waals surface area contributed by atoms with Crippen molar-refractivity contribution >= 4 is 66.7 Å². The minimum Gasteiger partial charge on any atom is -0.354 e. The van der Waals surface area contributed by atoms with Crippen LogP contribution < -0.4 is 9.62 Å². The molecule has 3 aromatic rings. The highest BCUT2D eigenvalue weighted by molar-refractivity contribution is 9.10. The number of hydrogen-bond donors (Lipinski definition) is 1. The first-order valence-corrected chi connectivity index (χ1v) is 15.7. The zero-order valence-corrected chi connectivity index (χ0v) is 25.5. The van der Waals surface area contributed by atoms with Crippen molar-refractivity contribution < 1.29 is 18.0 Å². The number of anilines is 1. The van der Waals surface area contributed by atoms with Crippen LogP contribution in [0.2, 0.25) is 10.0 Å². The third-order valence-electron chi connectivity index (χ3n) is 5.99. The number of nitrogens with one attached hydrogen (secondary N) is 1. The zero-order chi connectivity index (χ0) is 28.6. The lowest BCUT2D eigenvalue weighted by Crippen LogP contribution is -2.53. The van der Waals surface area contributed by atoms with Gasteiger partial charge in [0.2, 0.25) is 21.8 Å². The molecule has 0 aliphatic heterocycles. The Bertz CT molecular complexity index is 1390. The van der Waals surface area contributed by atoms with E-state index < -0.39 is 28.5 Å². The largest absolute Gasteiger partial charge is 0.354 e. The average Bonchev–Trinajstić information content (AvgIpc) is 2.89. The summed E-state index contributed by atoms with van der Waals surface area (Å²) in [6.45, 7) is 1.74. The second-order valence-corrected chi connectivity index (χ2v) is 12.6. The predicted molar refractivity (Wildman–Crippen MR) is 161 cm³/mol. The van der Waals surface area contributed by atoms with Crippen LogP contribution in [0.15, 0.2) is 77.3 Å². The molecule has 208 valence electrons. The topological polar surface area (TPSA) is 86.8 Å². The van der Waals surface area contributed by atoms with Gasteiger partial charge in [-0.3, -0.25) is 13.9 Å². The highest BCUT2D eigenvalue weighted by Crippen LogP contribution is 2.28. The molecule has 0 aliphatic rings. The molecule has 0 unspecified atom stereocenters. The van der Waals surface area contributed by atoms with Crippen LogP contribution in [0.1, 0.15) is 24.5 Å². The van der Waals surface area contributed by atoms with Crippen molar-refractivity contribution in [3.05, 3.63) is 98.4 Å². The number of sulfonamides is 1. The van der Waals surface area contributed by atoms with Crippen LogP contribution in [-0.2, 0) is 32.6 Å². The lowest BCUT2D eigenvalue weighted by Gasteiger charge is -2.34. The molecular formula is C28H30BrCl2N3O4S. The molecule has 0 aromatic heterocycles. The summed E-state index contributed by atoms with van der Waals surface area (Å²) in [6, 6.07) is 20.0. The van der Waals surface area contributed by atoms with Gasteiger partial charge in [-0.2, -0.15) is 0 Å². The van der Waals surface area contributed by atoms with Crippen LogP contribution in [-0.4, -0.2) is 50.5 Å². The van der Waals surface area contributed by atoms with E-state index in [1.54, 1.807) is 42.5 Å². The van der Waals surface area contributed by atoms with E-state index >= 15 is 0 Å². The molecule has 0 radical (unpaired) electrons. The van der Waals surface area contributed by atoms with Gasteiger partial charge in [0.1, 0.15) is 12.6 Å². The first kappa shape index (κ1) is 30.9. The Morgan fingerprint density at radius 2 is 1.62 bits per heavy atom. The zero-order valence-electron chi connectivity index (χ0n) is 21.6. The summed E-state index contributed by atoms with van der Waals surface area (Å²) in [7, 11) is -3.86. The van der Waals surface area contributed by atoms with E-state index in [1.165, 1.54) is 4.90 Å². The molecule has 0 bridgehead atoms. The number of nitrogens with zero attached hydrogens (tertiary/aromatic N) is 2. The lowest BCUT2D eigenvalue weighted by atomic mass is 10.0. The molecule has 3 rings (SSSR count). The number of halogens is 3. The van der Waals surface area contributed by atoms with Gasteiger partial charge in [-0.15, -0.1) is 0 Å². The fourth-order valence-electron chi connectivity index (χ4n) is 4.02. The van der Waals surface area contributed by atoms with E-state index in [4.69, 9.17) is 23.2 Å². The van der Waals surface area contributed by atoms with Crippen molar-refractivity contribution in [3.63, 3.8) is 0 Å². The Morgan fingerprint density at radius 3 is 2.21 bits per heavy atom. The molecule has 0 saturated carbocycles. The smallest absolute Gasteiger partial charge is 0.244 e. The first-order chi connectivity index (χ1) is 18.5. The molecular weight excluding hydrogens is 625 g/mol. The molecule has 0 saturated heterocycles. The van der Waals surface area contributed by atoms with Gasteiger partial charge in [-0.05, 0) is 42.3 Å². The molecule has 1 atom stereocenters. The second kappa shape index (κ2) is 14.2. The molecule has 7 nitrogen and oxygen atoms in total. The number of carbonyl (C=O) groups is 2. The summed E-state index contributed by atoms with van der Waals surface area (Å²) < 4.78 is 27.3. The third kappa shape index (κ3) is 8.70. The Labute approximate surface area is 248 Å². The van der Waals surface area contributed by atoms with Gasteiger partial charge in [0, 0.05) is 39.6 Å². The van der Waals surface area contributed by atoms with E-state index in [-0.39, 0.29) is 18.9 Å². The van der Waals surface area contributed by atoms with Crippen molar-refractivity contribution in [2.45, 2.75) is 32.4 Å². The summed E-state index contributed by atoms with van der Waals surface area (Å²) >= 11 is 16.3. The van der Waals surface area contributed by atoms with Crippen LogP contribution in [0.5, 0.6) is 0 Å². The number of rotatable bonds is 12. The highest BCUT2D eigenvalue weighted by atomic mass is 79.9. The average molecular weight is 655 g/mol. The number of benzene rings is 3. The van der Waals surface area contributed by atoms with Gasteiger partial charge in [0.15, 0.2) is 0 Å². The fraction of sp³-hybridized carbons (Fsp3) is 0.286. The molecule has 1 N–H and O–H groups in total. The van der Waals surface area contributed by atoms with Crippen molar-refractivity contribution in [2.75, 3.05) is 23.7 Å². The normalized spacial score (nSPS) is 12.0. The van der Waals surface area contributed by atoms with Gasteiger partial charge in [0.25, 0.3) is 0 Å². The second-order valence-electron chi connectivity index (χ2n) is 8.97. The van der Waals surface area contributed by atoms with Crippen LogP contribution >= 0.6 is 39.1 Å². The summed E-state index contributed by atoms with van der Waals surface area (Å²) in [4.78, 5) is 28.9. The van der Waals surface area contributed by atoms with E-state index in [0.717, 1.165) is 16.1 Å². The molecule has 2 amide bonds. The number of hydrogen-bond acceptors (Lipinski definition) is 4. The molecule has 0 heterocycles. The van der Waals surface area contributed by atoms with Crippen molar-refractivity contribution in [1.29, 1.82) is 0 Å². The summed E-state index contributed by atoms with van der Waals surface area (Å²) in [5, 5.41) is 3.55. The van der Waals surface area contributed by atoms with Gasteiger partial charge < -0.3 is 10.2 Å². The van der Waals surface area contributed by atoms with Crippen LogP contribution in [0, 0.1) is 0 Å². The summed E-state index contributed by atoms with van der Waals surface area (Å²) in [6.07, 6.45) is 1.95. The van der Waals surface area contributed by atoms with E-state index in [1.807, 2.05) is 37.3 Å². The number of amides is 2. The Balaban J connectivity index is 2.09. The Morgan fingerprint density at radius 1 is 0.974 bits per heavy atom. The quantitative estimate of drug-likeness (QED) is 0.272. The summed E-state index contributed by atoms with van der Waals surface area (Å²) in [5.74, 6) is -0.936. The van der Waals surface area contributed by atoms with Crippen LogP contribution in [0.25, 0.3) is 0 Å². The van der Waals surface area contributed by atoms with Gasteiger partial charge >= 0.3 is 0 Å². The van der Waals surface area contributed by atoms with Gasteiger partial charge in [-0.25, -0.2) is 8.42 Å². The monoisotopic (exact) mass is 653 g/mol. The Hall–Kier alpha value is -2.59. The van der Waals surface area contributed by atoms with Gasteiger partial charge in [-0.1, -0.05) is 88.5 Å². The SMILES string of the molecule is CCCNC(=O)[C@@H](Cc1ccccc1)N(Cc1c(Cl)cccc1Cl)C(=O)CN(c1cccc(Br)c1)S(C)(=O)=O. The molecule has 0 spiro atoms. The lowest BCUT2D eigenvalue weighted by molar-refractivity contribution is -0.140. The van der Waals surface area contributed by atoms with Crippen molar-refractivity contribution in [2.24, 2.45) is 0 Å². The van der Waals surface area contributed by atoms with Crippen LogP contribution in [0.4, 0.5) is 5.69 Å². The maximum absolute atomic E-state index is 14.0. The standard InChI is InChI=1S/C28H30BrCl2N3O4S/c1-3-15-32-28(36)26(16-20-9-5-4-6-10-20)33(18-23-24(30)13-8-14-25(23)31)27(35)19-34(39(2,37)38)22-12-7-11-21(29)17-22/h4-14,17,26H,3,15-16,18-19H2,1-2H3,(H,32,36)/t26-/m1/s1. The van der Waals surface area contributed by atoms with Crippen molar-refractivity contribution in [1.82, 2.24) is 10.2 Å². The van der Waals surface area contributed by atoms with Crippen LogP contribution in [0.3, 0.4) is 0 Å². The van der Waals surface area contributed by atoms with E-state index in [0.29, 0.717) is 38.7 Å². The molecule has 3 aromatic carbocycles. The summed E-state index contributed by atoms with van der Waals surface area (Å²) in [5.41, 5.74) is 1.61. The highest BCUT2D eigenvalue weighted by Gasteiger charge is 2.33. The maximum Gasteiger partial charge on any atom is 0.244 e. The minimum atomic E-state index is -3.86. The maximum atomic E-state index is 14.0. The van der Waals surface area contributed by atoms with Crippen molar-refractivity contribution in [3.8, 4) is 0 Å². The predicted octanol–water partition coefficient (Wildman–Crippen LogP) is 5.69. The number of carbonyl (C=O) groups excluding carboxylic acids is 2. The van der Waals surface area contributed by atoms with E-state index in [2.05, 4.69) is 21.2 Å². The third-order valence-corrected chi connectivity index (χ3v) is 8.33.